The third-order valence-corrected chi connectivity index (χ3v) is 4.32. The monoisotopic (exact) mass is 404 g/mol. The third kappa shape index (κ3) is 8.59. The summed E-state index contributed by atoms with van der Waals surface area (Å²) in [5.74, 6) is 1.21. The number of para-hydroxylation sites is 1. The van der Waals surface area contributed by atoms with Crippen LogP contribution in [0.4, 0.5) is 0 Å². The second kappa shape index (κ2) is 12.9. The number of methoxy groups -OCH3 is 1. The Balaban J connectivity index is 3.16. The summed E-state index contributed by atoms with van der Waals surface area (Å²) in [4.78, 5) is 25.5. The van der Waals surface area contributed by atoms with E-state index < -0.39 is 11.8 Å². The molecule has 0 saturated heterocycles. The summed E-state index contributed by atoms with van der Waals surface area (Å²) in [6, 6.07) is 5.40. The molecule has 0 radical (unpaired) electrons. The fourth-order valence-corrected chi connectivity index (χ4v) is 2.66. The molecule has 0 bridgehead atoms. The number of rotatable bonds is 12. The van der Waals surface area contributed by atoms with Crippen LogP contribution in [0.1, 0.15) is 53.0 Å². The lowest BCUT2D eigenvalue weighted by atomic mass is 10.1. The van der Waals surface area contributed by atoms with E-state index in [4.69, 9.17) is 9.47 Å². The SMILES string of the molecule is CCOc1cccc(C=C(C(=O)NCCC(C)C)C(=O)NCCC(C)C)c1OC. The molecule has 162 valence electrons. The highest BCUT2D eigenvalue weighted by atomic mass is 16.5. The fraction of sp³-hybridized carbons (Fsp3) is 0.565. The van der Waals surface area contributed by atoms with Crippen molar-refractivity contribution in [2.24, 2.45) is 11.8 Å². The average molecular weight is 405 g/mol. The van der Waals surface area contributed by atoms with Crippen LogP contribution < -0.4 is 20.1 Å². The second-order valence-electron chi connectivity index (χ2n) is 7.75. The van der Waals surface area contributed by atoms with E-state index in [1.54, 1.807) is 25.3 Å². The van der Waals surface area contributed by atoms with Crippen molar-refractivity contribution in [3.05, 3.63) is 29.3 Å². The number of hydrogen-bond acceptors (Lipinski definition) is 4. The van der Waals surface area contributed by atoms with E-state index in [1.165, 1.54) is 0 Å². The van der Waals surface area contributed by atoms with Gasteiger partial charge in [-0.1, -0.05) is 39.8 Å². The lowest BCUT2D eigenvalue weighted by molar-refractivity contribution is -0.123. The van der Waals surface area contributed by atoms with Crippen LogP contribution in [0.2, 0.25) is 0 Å². The van der Waals surface area contributed by atoms with Gasteiger partial charge in [0.25, 0.3) is 11.8 Å². The highest BCUT2D eigenvalue weighted by Gasteiger charge is 2.20. The molecule has 6 heteroatoms. The van der Waals surface area contributed by atoms with E-state index in [0.717, 1.165) is 12.8 Å². The highest BCUT2D eigenvalue weighted by molar-refractivity contribution is 6.21. The van der Waals surface area contributed by atoms with Crippen LogP contribution in [0.15, 0.2) is 23.8 Å². The Labute approximate surface area is 175 Å². The standard InChI is InChI=1S/C23H36N2O4/c1-7-29-20-10-8-9-18(21(20)28-6)15-19(22(26)24-13-11-16(2)3)23(27)25-14-12-17(4)5/h8-10,15-17H,7,11-14H2,1-6H3,(H,24,26)(H,25,27). The molecule has 0 heterocycles. The first-order valence-electron chi connectivity index (χ1n) is 10.4. The molecular formula is C23H36N2O4. The topological polar surface area (TPSA) is 76.7 Å². The molecule has 0 aliphatic carbocycles. The molecule has 0 aliphatic rings. The predicted molar refractivity (Wildman–Crippen MR) is 117 cm³/mol. The predicted octanol–water partition coefficient (Wildman–Crippen LogP) is 3.80. The van der Waals surface area contributed by atoms with Gasteiger partial charge in [-0.15, -0.1) is 0 Å². The summed E-state index contributed by atoms with van der Waals surface area (Å²) in [6.45, 7) is 11.8. The van der Waals surface area contributed by atoms with Crippen molar-refractivity contribution in [2.45, 2.75) is 47.5 Å². The zero-order chi connectivity index (χ0) is 21.8. The minimum absolute atomic E-state index is 0.0597. The Bertz CT molecular complexity index is 668. The quantitative estimate of drug-likeness (QED) is 0.316. The van der Waals surface area contributed by atoms with Gasteiger partial charge in [-0.3, -0.25) is 9.59 Å². The number of carbonyl (C=O) groups is 2. The third-order valence-electron chi connectivity index (χ3n) is 4.32. The van der Waals surface area contributed by atoms with Gasteiger partial charge in [0.1, 0.15) is 5.57 Å². The summed E-state index contributed by atoms with van der Waals surface area (Å²) in [5, 5.41) is 5.70. The molecule has 0 saturated carbocycles. The first kappa shape index (κ1) is 24.5. The van der Waals surface area contributed by atoms with Crippen molar-refractivity contribution in [3.63, 3.8) is 0 Å². The largest absolute Gasteiger partial charge is 0.492 e. The van der Waals surface area contributed by atoms with Crippen LogP contribution in [0.25, 0.3) is 6.08 Å². The molecule has 29 heavy (non-hydrogen) atoms. The van der Waals surface area contributed by atoms with Crippen LogP contribution >= 0.6 is 0 Å². The van der Waals surface area contributed by atoms with Crippen LogP contribution in [0.3, 0.4) is 0 Å². The van der Waals surface area contributed by atoms with Crippen molar-refractivity contribution >= 4 is 17.9 Å². The molecule has 0 aliphatic heterocycles. The molecular weight excluding hydrogens is 368 g/mol. The Morgan fingerprint density at radius 2 is 1.55 bits per heavy atom. The zero-order valence-electron chi connectivity index (χ0n) is 18.6. The first-order chi connectivity index (χ1) is 13.8. The smallest absolute Gasteiger partial charge is 0.256 e. The van der Waals surface area contributed by atoms with Gasteiger partial charge < -0.3 is 20.1 Å². The van der Waals surface area contributed by atoms with Gasteiger partial charge in [0.15, 0.2) is 11.5 Å². The van der Waals surface area contributed by atoms with E-state index >= 15 is 0 Å². The van der Waals surface area contributed by atoms with Gasteiger partial charge >= 0.3 is 0 Å². The maximum atomic E-state index is 12.8. The zero-order valence-corrected chi connectivity index (χ0v) is 18.6. The highest BCUT2D eigenvalue weighted by Crippen LogP contribution is 2.32. The molecule has 1 rings (SSSR count). The van der Waals surface area contributed by atoms with E-state index in [2.05, 4.69) is 38.3 Å². The van der Waals surface area contributed by atoms with E-state index in [1.807, 2.05) is 13.0 Å². The van der Waals surface area contributed by atoms with Gasteiger partial charge in [-0.25, -0.2) is 0 Å². The molecule has 0 fully saturated rings. The molecule has 6 nitrogen and oxygen atoms in total. The molecule has 1 aromatic carbocycles. The number of ether oxygens (including phenoxy) is 2. The Morgan fingerprint density at radius 3 is 2.00 bits per heavy atom. The summed E-state index contributed by atoms with van der Waals surface area (Å²) in [7, 11) is 1.54. The molecule has 0 unspecified atom stereocenters. The van der Waals surface area contributed by atoms with Crippen LogP contribution in [-0.2, 0) is 9.59 Å². The maximum Gasteiger partial charge on any atom is 0.256 e. The number of nitrogens with one attached hydrogen (secondary N) is 2. The van der Waals surface area contributed by atoms with Gasteiger partial charge in [0.2, 0.25) is 0 Å². The molecule has 0 spiro atoms. The van der Waals surface area contributed by atoms with Crippen molar-refractivity contribution in [1.29, 1.82) is 0 Å². The molecule has 0 atom stereocenters. The molecule has 0 aromatic heterocycles. The number of amides is 2. The molecule has 2 amide bonds. The lowest BCUT2D eigenvalue weighted by Gasteiger charge is -2.14. The number of hydrogen-bond donors (Lipinski definition) is 2. The lowest BCUT2D eigenvalue weighted by Crippen LogP contribution is -2.36. The normalized spacial score (nSPS) is 10.6. The van der Waals surface area contributed by atoms with E-state index in [9.17, 15) is 9.59 Å². The van der Waals surface area contributed by atoms with E-state index in [0.29, 0.717) is 48.6 Å². The minimum Gasteiger partial charge on any atom is -0.492 e. The van der Waals surface area contributed by atoms with Crippen molar-refractivity contribution in [2.75, 3.05) is 26.8 Å². The van der Waals surface area contributed by atoms with Gasteiger partial charge in [0.05, 0.1) is 13.7 Å². The van der Waals surface area contributed by atoms with Crippen LogP contribution in [0, 0.1) is 11.8 Å². The van der Waals surface area contributed by atoms with Gasteiger partial charge in [-0.2, -0.15) is 0 Å². The maximum absolute atomic E-state index is 12.8. The van der Waals surface area contributed by atoms with Crippen molar-refractivity contribution in [3.8, 4) is 11.5 Å². The summed E-state index contributed by atoms with van der Waals surface area (Å²) < 4.78 is 11.1. The van der Waals surface area contributed by atoms with Gasteiger partial charge in [-0.05, 0) is 43.7 Å². The van der Waals surface area contributed by atoms with Crippen molar-refractivity contribution in [1.82, 2.24) is 10.6 Å². The van der Waals surface area contributed by atoms with Gasteiger partial charge in [0, 0.05) is 18.7 Å². The molecule has 1 aromatic rings. The minimum atomic E-state index is -0.392. The molecule has 2 N–H and O–H groups in total. The fourth-order valence-electron chi connectivity index (χ4n) is 2.66. The Kier molecular flexibility index (Phi) is 10.9. The Morgan fingerprint density at radius 1 is 1.00 bits per heavy atom. The van der Waals surface area contributed by atoms with Crippen LogP contribution in [-0.4, -0.2) is 38.6 Å². The van der Waals surface area contributed by atoms with Crippen LogP contribution in [0.5, 0.6) is 11.5 Å². The summed E-state index contributed by atoms with van der Waals surface area (Å²) >= 11 is 0. The first-order valence-corrected chi connectivity index (χ1v) is 10.4. The summed E-state index contributed by atoms with van der Waals surface area (Å²) in [5.41, 5.74) is 0.677. The van der Waals surface area contributed by atoms with E-state index in [-0.39, 0.29) is 5.57 Å². The Hall–Kier alpha value is -2.50. The average Bonchev–Trinajstić information content (AvgIpc) is 2.65. The number of carbonyl (C=O) groups excluding carboxylic acids is 2. The summed E-state index contributed by atoms with van der Waals surface area (Å²) in [6.07, 6.45) is 3.25. The van der Waals surface area contributed by atoms with Crippen molar-refractivity contribution < 1.29 is 19.1 Å². The second-order valence-corrected chi connectivity index (χ2v) is 7.75. The number of benzene rings is 1.